The first-order valence-electron chi connectivity index (χ1n) is 11.3. The predicted molar refractivity (Wildman–Crippen MR) is 127 cm³/mol. The molecule has 0 bridgehead atoms. The number of hydrogen-bond donors (Lipinski definition) is 3. The van der Waals surface area contributed by atoms with Gasteiger partial charge in [-0.2, -0.15) is 0 Å². The molecule has 0 spiro atoms. The molecule has 0 atom stereocenters. The van der Waals surface area contributed by atoms with E-state index >= 15 is 0 Å². The third-order valence-corrected chi connectivity index (χ3v) is 6.95. The molecular weight excluding hydrogens is 407 g/mol. The largest absolute Gasteiger partial charge is 0.358 e. The van der Waals surface area contributed by atoms with Gasteiger partial charge in [-0.05, 0) is 71.4 Å². The number of nitrogens with zero attached hydrogens (tertiary/aromatic N) is 1. The fraction of sp³-hybridized carbons (Fsp3) is 0.440. The monoisotopic (exact) mass is 441 g/mol. The Hall–Kier alpha value is -2.93. The zero-order valence-electron chi connectivity index (χ0n) is 19.9. The van der Waals surface area contributed by atoms with Gasteiger partial charge in [0, 0.05) is 22.6 Å². The van der Waals surface area contributed by atoms with Crippen LogP contribution in [0.15, 0.2) is 18.2 Å². The Morgan fingerprint density at radius 2 is 1.91 bits per heavy atom. The molecule has 172 valence electrons. The fourth-order valence-corrected chi connectivity index (χ4v) is 4.72. The smallest absolute Gasteiger partial charge is 0.256 e. The molecule has 3 N–H and O–H groups in total. The average molecular weight is 442 g/mol. The molecule has 2 amide bonds. The van der Waals surface area contributed by atoms with E-state index in [1.165, 1.54) is 12.1 Å². The van der Waals surface area contributed by atoms with Gasteiger partial charge in [0.2, 0.25) is 0 Å². The Balaban J connectivity index is 1.81. The van der Waals surface area contributed by atoms with Crippen LogP contribution in [0.5, 0.6) is 0 Å². The van der Waals surface area contributed by atoms with E-state index in [4.69, 9.17) is 0 Å². The summed E-state index contributed by atoms with van der Waals surface area (Å²) in [4.78, 5) is 28.6. The lowest BCUT2D eigenvalue weighted by Gasteiger charge is -2.41. The quantitative estimate of drug-likeness (QED) is 0.423. The summed E-state index contributed by atoms with van der Waals surface area (Å²) in [5.74, 6) is -0.817. The summed E-state index contributed by atoms with van der Waals surface area (Å²) in [6, 6.07) is 4.70. The van der Waals surface area contributed by atoms with Crippen molar-refractivity contribution in [2.75, 3.05) is 31.5 Å². The summed E-state index contributed by atoms with van der Waals surface area (Å²) in [5, 5.41) is 5.83. The topological polar surface area (TPSA) is 74.0 Å². The van der Waals surface area contributed by atoms with Gasteiger partial charge in [0.05, 0.1) is 43.4 Å². The molecule has 1 aliphatic heterocycles. The number of fused-ring (bicyclic) bond motifs is 1. The lowest BCUT2D eigenvalue weighted by Crippen LogP contribution is -2.56. The highest BCUT2D eigenvalue weighted by atomic mass is 19.1. The summed E-state index contributed by atoms with van der Waals surface area (Å²) >= 11 is 0. The van der Waals surface area contributed by atoms with E-state index < -0.39 is 5.82 Å². The molecule has 2 aromatic rings. The number of aromatic amines is 1. The Bertz CT molecular complexity index is 1060. The van der Waals surface area contributed by atoms with Crippen LogP contribution in [-0.2, 0) is 4.79 Å². The van der Waals surface area contributed by atoms with Gasteiger partial charge in [0.1, 0.15) is 5.82 Å². The van der Waals surface area contributed by atoms with Crippen LogP contribution in [0.4, 0.5) is 10.1 Å². The minimum absolute atomic E-state index is 0.128. The number of aryl methyl sites for hydroxylation is 1. The molecule has 6 nitrogen and oxygen atoms in total. The Kier molecular flexibility index (Phi) is 6.88. The van der Waals surface area contributed by atoms with Crippen LogP contribution in [0.1, 0.15) is 60.6 Å². The minimum Gasteiger partial charge on any atom is -0.358 e. The van der Waals surface area contributed by atoms with Crippen LogP contribution in [0.25, 0.3) is 11.6 Å². The van der Waals surface area contributed by atoms with Gasteiger partial charge in [0.25, 0.3) is 11.8 Å². The van der Waals surface area contributed by atoms with Crippen LogP contribution in [0.3, 0.4) is 0 Å². The Morgan fingerprint density at radius 1 is 1.22 bits per heavy atom. The number of carbonyl (C=O) groups excluding carboxylic acids is 2. The van der Waals surface area contributed by atoms with Crippen molar-refractivity contribution < 1.29 is 18.5 Å². The molecule has 1 aromatic heterocycles. The summed E-state index contributed by atoms with van der Waals surface area (Å²) in [6.07, 6.45) is 1.69. The number of likely N-dealkylation sites (N-methyl/N-ethyl adjacent to an activating group) is 1. The Labute approximate surface area is 189 Å². The molecule has 0 fully saturated rings. The molecule has 1 aromatic carbocycles. The van der Waals surface area contributed by atoms with E-state index in [0.717, 1.165) is 35.4 Å². The average Bonchev–Trinajstić information content (AvgIpc) is 3.20. The lowest BCUT2D eigenvalue weighted by atomic mass is 10.0. The molecule has 1 aliphatic rings. The number of quaternary nitrogens is 1. The highest BCUT2D eigenvalue weighted by molar-refractivity contribution is 6.34. The maximum atomic E-state index is 13.7. The maximum absolute atomic E-state index is 13.7. The molecule has 0 radical (unpaired) electrons. The van der Waals surface area contributed by atoms with Gasteiger partial charge in [-0.15, -0.1) is 0 Å². The van der Waals surface area contributed by atoms with E-state index in [2.05, 4.69) is 43.3 Å². The fourth-order valence-electron chi connectivity index (χ4n) is 4.72. The summed E-state index contributed by atoms with van der Waals surface area (Å²) in [6.45, 7) is 16.0. The summed E-state index contributed by atoms with van der Waals surface area (Å²) in [7, 11) is 0. The van der Waals surface area contributed by atoms with E-state index in [9.17, 15) is 14.0 Å². The standard InChI is InChI=1S/C25H33FN4O2/c1-7-30(8-2,15(3)4)12-11-27-25(32)23-16(5)22(28-17(23)6)14-20-19-13-18(26)9-10-21(19)29-24(20)31/h9-10,13-15H,7-8,11-12H2,1-6H3,(H2-,27,28,29,31,32)/p+1. The molecule has 0 saturated heterocycles. The van der Waals surface area contributed by atoms with Crippen molar-refractivity contribution in [3.05, 3.63) is 52.1 Å². The first-order valence-corrected chi connectivity index (χ1v) is 11.3. The molecule has 0 aliphatic carbocycles. The van der Waals surface area contributed by atoms with Crippen LogP contribution in [0.2, 0.25) is 0 Å². The molecule has 3 rings (SSSR count). The molecular formula is C25H34FN4O2+. The number of nitrogens with one attached hydrogen (secondary N) is 3. The van der Waals surface area contributed by atoms with Gasteiger partial charge in [-0.3, -0.25) is 9.59 Å². The Morgan fingerprint density at radius 3 is 2.53 bits per heavy atom. The summed E-state index contributed by atoms with van der Waals surface area (Å²) in [5.41, 5.74) is 4.24. The SMILES string of the molecule is CC[N+](CC)(CCNC(=O)c1c(C)[nH]c(/C=C2\C(=O)Nc3ccc(F)cc32)c1C)C(C)C. The van der Waals surface area contributed by atoms with E-state index in [1.54, 1.807) is 12.1 Å². The zero-order chi connectivity index (χ0) is 23.6. The second kappa shape index (κ2) is 9.28. The van der Waals surface area contributed by atoms with Crippen LogP contribution in [-0.4, -0.2) is 53.5 Å². The van der Waals surface area contributed by atoms with E-state index in [-0.39, 0.29) is 11.8 Å². The highest BCUT2D eigenvalue weighted by Crippen LogP contribution is 2.34. The van der Waals surface area contributed by atoms with E-state index in [1.807, 2.05) is 13.8 Å². The molecule has 7 heteroatoms. The van der Waals surface area contributed by atoms with Crippen LogP contribution in [0, 0.1) is 19.7 Å². The predicted octanol–water partition coefficient (Wildman–Crippen LogP) is 4.26. The van der Waals surface area contributed by atoms with Crippen molar-refractivity contribution in [1.29, 1.82) is 0 Å². The van der Waals surface area contributed by atoms with Crippen molar-refractivity contribution >= 4 is 29.2 Å². The van der Waals surface area contributed by atoms with E-state index in [0.29, 0.717) is 40.7 Å². The highest BCUT2D eigenvalue weighted by Gasteiger charge is 2.28. The van der Waals surface area contributed by atoms with Gasteiger partial charge in [-0.1, -0.05) is 0 Å². The van der Waals surface area contributed by atoms with Gasteiger partial charge < -0.3 is 20.1 Å². The number of halogens is 1. The number of aromatic nitrogens is 1. The number of carbonyl (C=O) groups is 2. The van der Waals surface area contributed by atoms with Gasteiger partial charge in [0.15, 0.2) is 0 Å². The molecule has 0 unspecified atom stereocenters. The first kappa shape index (κ1) is 23.7. The number of benzene rings is 1. The third-order valence-electron chi connectivity index (χ3n) is 6.95. The van der Waals surface area contributed by atoms with Crippen molar-refractivity contribution in [3.63, 3.8) is 0 Å². The van der Waals surface area contributed by atoms with Gasteiger partial charge >= 0.3 is 0 Å². The minimum atomic E-state index is -0.402. The number of amides is 2. The number of hydrogen-bond acceptors (Lipinski definition) is 2. The van der Waals surface area contributed by atoms with Crippen LogP contribution >= 0.6 is 0 Å². The van der Waals surface area contributed by atoms with Crippen molar-refractivity contribution in [1.82, 2.24) is 10.3 Å². The number of anilines is 1. The second-order valence-corrected chi connectivity index (χ2v) is 8.79. The lowest BCUT2D eigenvalue weighted by molar-refractivity contribution is -0.943. The van der Waals surface area contributed by atoms with Crippen molar-refractivity contribution in [2.24, 2.45) is 0 Å². The number of H-pyrrole nitrogens is 1. The van der Waals surface area contributed by atoms with Crippen molar-refractivity contribution in [3.8, 4) is 0 Å². The zero-order valence-corrected chi connectivity index (χ0v) is 19.9. The summed E-state index contributed by atoms with van der Waals surface area (Å²) < 4.78 is 14.7. The molecule has 32 heavy (non-hydrogen) atoms. The third kappa shape index (κ3) is 4.35. The number of rotatable bonds is 8. The van der Waals surface area contributed by atoms with Gasteiger partial charge in [-0.25, -0.2) is 4.39 Å². The molecule has 2 heterocycles. The first-order chi connectivity index (χ1) is 15.1. The second-order valence-electron chi connectivity index (χ2n) is 8.79. The molecule has 0 saturated carbocycles. The van der Waals surface area contributed by atoms with Crippen molar-refractivity contribution in [2.45, 2.75) is 47.6 Å². The normalized spacial score (nSPS) is 14.8. The maximum Gasteiger partial charge on any atom is 0.256 e. The van der Waals surface area contributed by atoms with Crippen LogP contribution < -0.4 is 10.6 Å².